The molecule has 1 atom stereocenters. The number of carbonyl (C=O) groups is 2. The predicted octanol–water partition coefficient (Wildman–Crippen LogP) is 2.77. The van der Waals surface area contributed by atoms with Crippen LogP contribution < -0.4 is 15.0 Å². The molecule has 1 unspecified atom stereocenters. The van der Waals surface area contributed by atoms with Gasteiger partial charge in [0.05, 0.1) is 12.2 Å². The topological polar surface area (TPSA) is 102 Å². The lowest BCUT2D eigenvalue weighted by Gasteiger charge is -2.35. The number of anilines is 1. The summed E-state index contributed by atoms with van der Waals surface area (Å²) in [5.74, 6) is 0.834. The molecule has 0 saturated carbocycles. The molecule has 0 saturated heterocycles. The van der Waals surface area contributed by atoms with E-state index in [-0.39, 0.29) is 30.8 Å². The van der Waals surface area contributed by atoms with Gasteiger partial charge in [-0.3, -0.25) is 9.59 Å². The van der Waals surface area contributed by atoms with Gasteiger partial charge in [0.25, 0.3) is 11.7 Å². The van der Waals surface area contributed by atoms with Crippen molar-refractivity contribution >= 4 is 23.3 Å². The van der Waals surface area contributed by atoms with Gasteiger partial charge in [-0.15, -0.1) is 0 Å². The summed E-state index contributed by atoms with van der Waals surface area (Å²) in [6.45, 7) is 8.13. The van der Waals surface area contributed by atoms with Crippen molar-refractivity contribution < 1.29 is 14.3 Å². The number of para-hydroxylation sites is 2. The van der Waals surface area contributed by atoms with E-state index in [9.17, 15) is 9.59 Å². The third kappa shape index (κ3) is 4.53. The Kier molecular flexibility index (Phi) is 6.57. The van der Waals surface area contributed by atoms with Gasteiger partial charge in [0.2, 0.25) is 5.91 Å². The molecule has 9 nitrogen and oxygen atoms in total. The van der Waals surface area contributed by atoms with Crippen LogP contribution in [0.1, 0.15) is 50.1 Å². The van der Waals surface area contributed by atoms with E-state index < -0.39 is 6.10 Å². The molecule has 3 heterocycles. The van der Waals surface area contributed by atoms with Crippen molar-refractivity contribution in [1.29, 1.82) is 0 Å². The van der Waals surface area contributed by atoms with Gasteiger partial charge in [-0.25, -0.2) is 9.50 Å². The van der Waals surface area contributed by atoms with E-state index >= 15 is 0 Å². The number of nitrogens with one attached hydrogen (secondary N) is 1. The zero-order valence-corrected chi connectivity index (χ0v) is 19.5. The van der Waals surface area contributed by atoms with Crippen LogP contribution in [-0.2, 0) is 16.0 Å². The first kappa shape index (κ1) is 22.7. The molecule has 1 aliphatic heterocycles. The molecule has 0 aliphatic carbocycles. The number of hydrogen-bond acceptors (Lipinski definition) is 6. The Hall–Kier alpha value is -3.49. The molecule has 2 amide bonds. The second-order valence-corrected chi connectivity index (χ2v) is 8.33. The fraction of sp³-hybridized carbons (Fsp3) is 0.458. The SMILES string of the molecule is CCC(CC)NC(=O)C1CN(C(=O)CCc2c(C)nc3ncnn3c2C)c2ccccc2O1. The minimum absolute atomic E-state index is 0.0661. The highest BCUT2D eigenvalue weighted by Gasteiger charge is 2.34. The minimum atomic E-state index is -0.749. The molecular weight excluding hydrogens is 420 g/mol. The third-order valence-corrected chi connectivity index (χ3v) is 6.28. The van der Waals surface area contributed by atoms with Crippen LogP contribution >= 0.6 is 0 Å². The predicted molar refractivity (Wildman–Crippen MR) is 124 cm³/mol. The molecule has 2 aromatic heterocycles. The highest BCUT2D eigenvalue weighted by Crippen LogP contribution is 2.34. The first-order valence-corrected chi connectivity index (χ1v) is 11.4. The minimum Gasteiger partial charge on any atom is -0.477 e. The van der Waals surface area contributed by atoms with E-state index in [4.69, 9.17) is 4.74 Å². The number of rotatable bonds is 7. The molecule has 9 heteroatoms. The molecule has 0 fully saturated rings. The molecule has 3 aromatic rings. The maximum absolute atomic E-state index is 13.4. The summed E-state index contributed by atoms with van der Waals surface area (Å²) in [4.78, 5) is 36.5. The summed E-state index contributed by atoms with van der Waals surface area (Å²) >= 11 is 0. The van der Waals surface area contributed by atoms with Crippen LogP contribution in [0.2, 0.25) is 0 Å². The Labute approximate surface area is 193 Å². The molecule has 0 bridgehead atoms. The first-order valence-electron chi connectivity index (χ1n) is 11.4. The molecule has 174 valence electrons. The van der Waals surface area contributed by atoms with Gasteiger partial charge in [0.15, 0.2) is 6.10 Å². The highest BCUT2D eigenvalue weighted by atomic mass is 16.5. The van der Waals surface area contributed by atoms with Gasteiger partial charge in [0, 0.05) is 23.9 Å². The van der Waals surface area contributed by atoms with E-state index in [0.29, 0.717) is 23.6 Å². The van der Waals surface area contributed by atoms with Crippen LogP contribution in [0, 0.1) is 13.8 Å². The Balaban J connectivity index is 1.53. The molecule has 1 N–H and O–H groups in total. The molecule has 1 aromatic carbocycles. The fourth-order valence-electron chi connectivity index (χ4n) is 4.28. The number of benzene rings is 1. The zero-order valence-electron chi connectivity index (χ0n) is 19.5. The smallest absolute Gasteiger partial charge is 0.263 e. The largest absolute Gasteiger partial charge is 0.477 e. The number of ether oxygens (including phenoxy) is 1. The van der Waals surface area contributed by atoms with Crippen LogP contribution in [0.25, 0.3) is 5.78 Å². The Bertz CT molecular complexity index is 1170. The molecular formula is C24H30N6O3. The molecule has 4 rings (SSSR count). The van der Waals surface area contributed by atoms with Crippen molar-refractivity contribution in [2.75, 3.05) is 11.4 Å². The van der Waals surface area contributed by atoms with E-state index in [1.54, 1.807) is 15.5 Å². The summed E-state index contributed by atoms with van der Waals surface area (Å²) in [7, 11) is 0. The van der Waals surface area contributed by atoms with Gasteiger partial charge in [-0.1, -0.05) is 26.0 Å². The average molecular weight is 451 g/mol. The summed E-state index contributed by atoms with van der Waals surface area (Å²) in [5.41, 5.74) is 3.43. The van der Waals surface area contributed by atoms with Crippen LogP contribution in [0.5, 0.6) is 5.75 Å². The Morgan fingerprint density at radius 1 is 1.21 bits per heavy atom. The van der Waals surface area contributed by atoms with E-state index in [2.05, 4.69) is 20.4 Å². The average Bonchev–Trinajstić information content (AvgIpc) is 3.29. The number of fused-ring (bicyclic) bond motifs is 2. The lowest BCUT2D eigenvalue weighted by atomic mass is 10.0. The van der Waals surface area contributed by atoms with Crippen LogP contribution in [0.15, 0.2) is 30.6 Å². The van der Waals surface area contributed by atoms with Crippen molar-refractivity contribution in [2.45, 2.75) is 65.5 Å². The quantitative estimate of drug-likeness (QED) is 0.594. The van der Waals surface area contributed by atoms with Crippen molar-refractivity contribution in [3.63, 3.8) is 0 Å². The van der Waals surface area contributed by atoms with Gasteiger partial charge >= 0.3 is 0 Å². The van der Waals surface area contributed by atoms with E-state index in [0.717, 1.165) is 29.8 Å². The number of carbonyl (C=O) groups excluding carboxylic acids is 2. The standard InChI is InChI=1S/C24H30N6O3/c1-5-17(6-2)28-23(32)21-13-29(19-9-7-8-10-20(19)33-21)22(31)12-11-18-15(3)27-24-25-14-26-30(24)16(18)4/h7-10,14,17,21H,5-6,11-13H2,1-4H3,(H,28,32). The maximum atomic E-state index is 13.4. The number of nitrogens with zero attached hydrogens (tertiary/aromatic N) is 5. The van der Waals surface area contributed by atoms with E-state index in [1.807, 2.05) is 45.9 Å². The lowest BCUT2D eigenvalue weighted by molar-refractivity contribution is -0.129. The second-order valence-electron chi connectivity index (χ2n) is 8.33. The van der Waals surface area contributed by atoms with Crippen molar-refractivity contribution in [3.05, 3.63) is 47.5 Å². The maximum Gasteiger partial charge on any atom is 0.263 e. The first-order chi connectivity index (χ1) is 15.9. The fourth-order valence-corrected chi connectivity index (χ4v) is 4.28. The molecule has 0 spiro atoms. The summed E-state index contributed by atoms with van der Waals surface area (Å²) in [5, 5.41) is 7.26. The Morgan fingerprint density at radius 3 is 2.73 bits per heavy atom. The van der Waals surface area contributed by atoms with Crippen LogP contribution in [-0.4, -0.2) is 50.1 Å². The van der Waals surface area contributed by atoms with E-state index in [1.165, 1.54) is 6.33 Å². The van der Waals surface area contributed by atoms with Crippen molar-refractivity contribution in [3.8, 4) is 5.75 Å². The lowest BCUT2D eigenvalue weighted by Crippen LogP contribution is -2.52. The summed E-state index contributed by atoms with van der Waals surface area (Å²) < 4.78 is 7.66. The highest BCUT2D eigenvalue weighted by molar-refractivity contribution is 5.97. The van der Waals surface area contributed by atoms with Gasteiger partial charge < -0.3 is 15.0 Å². The zero-order chi connectivity index (χ0) is 23.5. The molecule has 1 aliphatic rings. The van der Waals surface area contributed by atoms with Gasteiger partial charge in [-0.2, -0.15) is 10.1 Å². The van der Waals surface area contributed by atoms with Crippen LogP contribution in [0.4, 0.5) is 5.69 Å². The van der Waals surface area contributed by atoms with Gasteiger partial charge in [0.1, 0.15) is 12.1 Å². The summed E-state index contributed by atoms with van der Waals surface area (Å²) in [6, 6.07) is 7.44. The Morgan fingerprint density at radius 2 is 1.97 bits per heavy atom. The normalized spacial score (nSPS) is 15.4. The number of amides is 2. The number of aromatic nitrogens is 4. The molecule has 33 heavy (non-hydrogen) atoms. The number of hydrogen-bond donors (Lipinski definition) is 1. The number of aryl methyl sites for hydroxylation is 2. The van der Waals surface area contributed by atoms with Gasteiger partial charge in [-0.05, 0) is 50.8 Å². The molecule has 0 radical (unpaired) electrons. The third-order valence-electron chi connectivity index (χ3n) is 6.28. The van der Waals surface area contributed by atoms with Crippen molar-refractivity contribution in [2.24, 2.45) is 0 Å². The van der Waals surface area contributed by atoms with Crippen molar-refractivity contribution in [1.82, 2.24) is 24.9 Å². The van der Waals surface area contributed by atoms with Crippen LogP contribution in [0.3, 0.4) is 0 Å². The summed E-state index contributed by atoms with van der Waals surface area (Å²) in [6.07, 6.45) is 3.21. The monoisotopic (exact) mass is 450 g/mol. The second kappa shape index (κ2) is 9.56.